The molecule has 4 heteroatoms. The van der Waals surface area contributed by atoms with E-state index in [0.29, 0.717) is 0 Å². The molecule has 1 heterocycles. The number of hydrogen-bond acceptors (Lipinski definition) is 4. The average Bonchev–Trinajstić information content (AvgIpc) is 2.80. The van der Waals surface area contributed by atoms with Gasteiger partial charge in [0, 0.05) is 13.7 Å². The van der Waals surface area contributed by atoms with Crippen LogP contribution in [0, 0.1) is 0 Å². The van der Waals surface area contributed by atoms with E-state index in [1.807, 2.05) is 6.07 Å². The Morgan fingerprint density at radius 1 is 1.39 bits per heavy atom. The molecular formula is C14H20N2OS. The Hall–Kier alpha value is -0.970. The molecule has 0 aliphatic carbocycles. The van der Waals surface area contributed by atoms with Gasteiger partial charge in [0.1, 0.15) is 5.01 Å². The van der Waals surface area contributed by atoms with Crippen LogP contribution in [0.2, 0.25) is 0 Å². The van der Waals surface area contributed by atoms with Crippen molar-refractivity contribution >= 4 is 21.6 Å². The quantitative estimate of drug-likeness (QED) is 0.899. The van der Waals surface area contributed by atoms with Gasteiger partial charge in [-0.25, -0.2) is 4.98 Å². The standard InChI is InChI=1S/C14H20N2OS/c1-10(15-9-14(2,3)17-4)13-16-11-7-5-6-8-12(11)18-13/h5-8,10,15H,9H2,1-4H3. The minimum atomic E-state index is -0.148. The highest BCUT2D eigenvalue weighted by atomic mass is 32.1. The number of rotatable bonds is 5. The second-order valence-corrected chi connectivity index (χ2v) is 6.15. The van der Waals surface area contributed by atoms with Crippen LogP contribution >= 0.6 is 11.3 Å². The summed E-state index contributed by atoms with van der Waals surface area (Å²) in [5, 5.41) is 4.60. The minimum Gasteiger partial charge on any atom is -0.377 e. The van der Waals surface area contributed by atoms with E-state index in [0.717, 1.165) is 17.1 Å². The van der Waals surface area contributed by atoms with E-state index < -0.39 is 0 Å². The van der Waals surface area contributed by atoms with Crippen molar-refractivity contribution in [3.05, 3.63) is 29.3 Å². The van der Waals surface area contributed by atoms with Crippen molar-refractivity contribution in [3.63, 3.8) is 0 Å². The first kappa shape index (κ1) is 13.5. The number of ether oxygens (including phenoxy) is 1. The second-order valence-electron chi connectivity index (χ2n) is 5.09. The molecule has 0 fully saturated rings. The number of aromatic nitrogens is 1. The fourth-order valence-electron chi connectivity index (χ4n) is 1.63. The SMILES string of the molecule is COC(C)(C)CNC(C)c1nc2ccccc2s1. The molecule has 0 aliphatic rings. The first-order valence-electron chi connectivity index (χ1n) is 6.16. The molecule has 1 N–H and O–H groups in total. The Bertz CT molecular complexity index is 488. The van der Waals surface area contributed by atoms with Crippen molar-refractivity contribution in [3.8, 4) is 0 Å². The number of benzene rings is 1. The van der Waals surface area contributed by atoms with Crippen LogP contribution in [-0.2, 0) is 4.74 Å². The van der Waals surface area contributed by atoms with Crippen molar-refractivity contribution in [2.24, 2.45) is 0 Å². The molecule has 3 nitrogen and oxygen atoms in total. The summed E-state index contributed by atoms with van der Waals surface area (Å²) in [7, 11) is 1.74. The molecule has 1 unspecified atom stereocenters. The lowest BCUT2D eigenvalue weighted by molar-refractivity contribution is 0.0214. The van der Waals surface area contributed by atoms with Crippen molar-refractivity contribution in [2.75, 3.05) is 13.7 Å². The highest BCUT2D eigenvalue weighted by Gasteiger charge is 2.19. The lowest BCUT2D eigenvalue weighted by atomic mass is 10.1. The van der Waals surface area contributed by atoms with Gasteiger partial charge in [-0.15, -0.1) is 11.3 Å². The molecule has 0 spiro atoms. The molecule has 1 aromatic carbocycles. The molecule has 1 atom stereocenters. The maximum Gasteiger partial charge on any atom is 0.111 e. The summed E-state index contributed by atoms with van der Waals surface area (Å²) in [6.07, 6.45) is 0. The molecule has 18 heavy (non-hydrogen) atoms. The molecule has 0 bridgehead atoms. The number of thiazole rings is 1. The summed E-state index contributed by atoms with van der Waals surface area (Å²) in [6.45, 7) is 7.10. The van der Waals surface area contributed by atoms with E-state index >= 15 is 0 Å². The van der Waals surface area contributed by atoms with Gasteiger partial charge in [-0.2, -0.15) is 0 Å². The number of nitrogens with one attached hydrogen (secondary N) is 1. The van der Waals surface area contributed by atoms with Crippen LogP contribution < -0.4 is 5.32 Å². The first-order valence-corrected chi connectivity index (χ1v) is 6.97. The van der Waals surface area contributed by atoms with E-state index in [4.69, 9.17) is 4.74 Å². The Balaban J connectivity index is 2.07. The molecule has 0 saturated heterocycles. The fraction of sp³-hybridized carbons (Fsp3) is 0.500. The number of para-hydroxylation sites is 1. The second kappa shape index (κ2) is 5.34. The lowest BCUT2D eigenvalue weighted by Crippen LogP contribution is -2.37. The van der Waals surface area contributed by atoms with E-state index in [1.54, 1.807) is 18.4 Å². The van der Waals surface area contributed by atoms with Crippen LogP contribution in [0.25, 0.3) is 10.2 Å². The normalized spacial score (nSPS) is 14.0. The van der Waals surface area contributed by atoms with Gasteiger partial charge < -0.3 is 10.1 Å². The third-order valence-electron chi connectivity index (χ3n) is 3.07. The van der Waals surface area contributed by atoms with Gasteiger partial charge in [-0.05, 0) is 32.9 Å². The molecule has 0 radical (unpaired) electrons. The predicted octanol–water partition coefficient (Wildman–Crippen LogP) is 3.37. The van der Waals surface area contributed by atoms with Gasteiger partial charge in [-0.3, -0.25) is 0 Å². The number of fused-ring (bicyclic) bond motifs is 1. The van der Waals surface area contributed by atoms with Crippen LogP contribution in [0.1, 0.15) is 31.8 Å². The number of methoxy groups -OCH3 is 1. The maximum absolute atomic E-state index is 5.40. The third-order valence-corrected chi connectivity index (χ3v) is 4.29. The fourth-order valence-corrected chi connectivity index (χ4v) is 2.63. The van der Waals surface area contributed by atoms with Gasteiger partial charge in [0.05, 0.1) is 21.9 Å². The Labute approximate surface area is 112 Å². The van der Waals surface area contributed by atoms with Gasteiger partial charge in [0.25, 0.3) is 0 Å². The summed E-state index contributed by atoms with van der Waals surface area (Å²) >= 11 is 1.75. The van der Waals surface area contributed by atoms with Gasteiger partial charge in [0.2, 0.25) is 0 Å². The molecule has 0 aliphatic heterocycles. The van der Waals surface area contributed by atoms with Crippen LogP contribution in [0.4, 0.5) is 0 Å². The van der Waals surface area contributed by atoms with Gasteiger partial charge in [0.15, 0.2) is 0 Å². The monoisotopic (exact) mass is 264 g/mol. The van der Waals surface area contributed by atoms with E-state index in [2.05, 4.69) is 49.3 Å². The average molecular weight is 264 g/mol. The largest absolute Gasteiger partial charge is 0.377 e. The van der Waals surface area contributed by atoms with Crippen molar-refractivity contribution in [1.29, 1.82) is 0 Å². The zero-order chi connectivity index (χ0) is 13.2. The van der Waals surface area contributed by atoms with Crippen molar-refractivity contribution < 1.29 is 4.74 Å². The smallest absolute Gasteiger partial charge is 0.111 e. The van der Waals surface area contributed by atoms with E-state index in [-0.39, 0.29) is 11.6 Å². The predicted molar refractivity (Wildman–Crippen MR) is 77.1 cm³/mol. The Kier molecular flexibility index (Phi) is 4.00. The summed E-state index contributed by atoms with van der Waals surface area (Å²) in [6, 6.07) is 8.49. The molecule has 1 aromatic heterocycles. The number of hydrogen-bond donors (Lipinski definition) is 1. The lowest BCUT2D eigenvalue weighted by Gasteiger charge is -2.25. The summed E-state index contributed by atoms with van der Waals surface area (Å²) in [5.74, 6) is 0. The van der Waals surface area contributed by atoms with Crippen LogP contribution in [0.15, 0.2) is 24.3 Å². The topological polar surface area (TPSA) is 34.1 Å². The molecule has 2 aromatic rings. The molecule has 98 valence electrons. The van der Waals surface area contributed by atoms with Crippen molar-refractivity contribution in [2.45, 2.75) is 32.4 Å². The van der Waals surface area contributed by atoms with Crippen LogP contribution in [0.5, 0.6) is 0 Å². The van der Waals surface area contributed by atoms with E-state index in [1.165, 1.54) is 4.70 Å². The maximum atomic E-state index is 5.40. The minimum absolute atomic E-state index is 0.148. The highest BCUT2D eigenvalue weighted by molar-refractivity contribution is 7.18. The zero-order valence-electron chi connectivity index (χ0n) is 11.4. The number of nitrogens with zero attached hydrogens (tertiary/aromatic N) is 1. The first-order chi connectivity index (χ1) is 8.52. The summed E-state index contributed by atoms with van der Waals surface area (Å²) < 4.78 is 6.65. The van der Waals surface area contributed by atoms with Gasteiger partial charge in [-0.1, -0.05) is 12.1 Å². The molecule has 0 saturated carbocycles. The molecular weight excluding hydrogens is 244 g/mol. The highest BCUT2D eigenvalue weighted by Crippen LogP contribution is 2.26. The Morgan fingerprint density at radius 3 is 2.78 bits per heavy atom. The molecule has 0 amide bonds. The van der Waals surface area contributed by atoms with E-state index in [9.17, 15) is 0 Å². The Morgan fingerprint density at radius 2 is 2.11 bits per heavy atom. The third kappa shape index (κ3) is 3.07. The van der Waals surface area contributed by atoms with Gasteiger partial charge >= 0.3 is 0 Å². The van der Waals surface area contributed by atoms with Crippen LogP contribution in [-0.4, -0.2) is 24.2 Å². The van der Waals surface area contributed by atoms with Crippen LogP contribution in [0.3, 0.4) is 0 Å². The molecule has 2 rings (SSSR count). The zero-order valence-corrected chi connectivity index (χ0v) is 12.2. The summed E-state index contributed by atoms with van der Waals surface area (Å²) in [5.41, 5.74) is 0.933. The summed E-state index contributed by atoms with van der Waals surface area (Å²) in [4.78, 5) is 4.65. The van der Waals surface area contributed by atoms with Crippen molar-refractivity contribution in [1.82, 2.24) is 10.3 Å².